The van der Waals surface area contributed by atoms with E-state index in [4.69, 9.17) is 16.3 Å². The Balaban J connectivity index is 2.09. The molecule has 4 nitrogen and oxygen atoms in total. The quantitative estimate of drug-likeness (QED) is 0.849. The number of ether oxygens (including phenoxy) is 1. The van der Waals surface area contributed by atoms with Gasteiger partial charge in [0.15, 0.2) is 0 Å². The summed E-state index contributed by atoms with van der Waals surface area (Å²) in [6.07, 6.45) is 4.17. The number of hydrogen-bond donors (Lipinski definition) is 1. The first-order valence-corrected chi connectivity index (χ1v) is 7.60. The zero-order valence-electron chi connectivity index (χ0n) is 12.1. The maximum absolute atomic E-state index is 12.3. The van der Waals surface area contributed by atoms with Gasteiger partial charge in [0, 0.05) is 10.9 Å². The molecule has 2 rings (SSSR count). The van der Waals surface area contributed by atoms with E-state index in [1.165, 1.54) is 7.11 Å². The lowest BCUT2D eigenvalue weighted by atomic mass is 10.0. The van der Waals surface area contributed by atoms with E-state index in [1.807, 2.05) is 12.1 Å². The molecule has 114 valence electrons. The van der Waals surface area contributed by atoms with Crippen LogP contribution in [0.2, 0.25) is 5.02 Å². The summed E-state index contributed by atoms with van der Waals surface area (Å²) >= 11 is 5.88. The van der Waals surface area contributed by atoms with Crippen molar-refractivity contribution in [2.75, 3.05) is 7.11 Å². The molecular formula is C16H20ClNO3. The van der Waals surface area contributed by atoms with E-state index in [9.17, 15) is 9.59 Å². The van der Waals surface area contributed by atoms with E-state index in [1.54, 1.807) is 12.1 Å². The predicted octanol–water partition coefficient (Wildman–Crippen LogP) is 3.25. The van der Waals surface area contributed by atoms with Gasteiger partial charge < -0.3 is 10.1 Å². The molecule has 0 heterocycles. The van der Waals surface area contributed by atoms with Crippen LogP contribution in [0.3, 0.4) is 0 Å². The second-order valence-electron chi connectivity index (χ2n) is 5.37. The highest BCUT2D eigenvalue weighted by molar-refractivity contribution is 6.30. The van der Waals surface area contributed by atoms with Crippen LogP contribution in [0, 0.1) is 5.92 Å². The van der Waals surface area contributed by atoms with Gasteiger partial charge in [-0.05, 0) is 30.5 Å². The van der Waals surface area contributed by atoms with Crippen molar-refractivity contribution >= 4 is 23.5 Å². The second-order valence-corrected chi connectivity index (χ2v) is 5.81. The van der Waals surface area contributed by atoms with Crippen LogP contribution in [0.15, 0.2) is 24.3 Å². The first-order valence-electron chi connectivity index (χ1n) is 7.23. The monoisotopic (exact) mass is 309 g/mol. The van der Waals surface area contributed by atoms with Crippen molar-refractivity contribution in [3.63, 3.8) is 0 Å². The molecule has 1 unspecified atom stereocenters. The molecule has 0 aromatic heterocycles. The molecule has 1 aliphatic carbocycles. The minimum Gasteiger partial charge on any atom is -0.469 e. The molecule has 5 heteroatoms. The summed E-state index contributed by atoms with van der Waals surface area (Å²) in [5.41, 5.74) is 0.858. The van der Waals surface area contributed by atoms with Crippen molar-refractivity contribution in [2.24, 2.45) is 5.92 Å². The predicted molar refractivity (Wildman–Crippen MR) is 80.9 cm³/mol. The Morgan fingerprint density at radius 2 is 1.90 bits per heavy atom. The molecule has 1 atom stereocenters. The first kappa shape index (κ1) is 15.8. The molecule has 1 N–H and O–H groups in total. The molecule has 1 fully saturated rings. The third-order valence-electron chi connectivity index (χ3n) is 3.91. The Morgan fingerprint density at radius 1 is 1.29 bits per heavy atom. The molecule has 0 radical (unpaired) electrons. The molecule has 21 heavy (non-hydrogen) atoms. The number of rotatable bonds is 5. The van der Waals surface area contributed by atoms with Gasteiger partial charge in [0.25, 0.3) is 0 Å². The number of hydrogen-bond acceptors (Lipinski definition) is 3. The Hall–Kier alpha value is -1.55. The van der Waals surface area contributed by atoms with Gasteiger partial charge in [0.2, 0.25) is 5.91 Å². The normalized spacial score (nSPS) is 16.5. The number of esters is 1. The second kappa shape index (κ2) is 7.46. The fourth-order valence-corrected chi connectivity index (χ4v) is 2.80. The summed E-state index contributed by atoms with van der Waals surface area (Å²) in [4.78, 5) is 23.8. The number of amides is 1. The maximum atomic E-state index is 12.3. The molecule has 0 bridgehead atoms. The minimum atomic E-state index is -0.372. The van der Waals surface area contributed by atoms with Crippen LogP contribution in [-0.2, 0) is 14.3 Å². The summed E-state index contributed by atoms with van der Waals surface area (Å²) in [5, 5.41) is 3.60. The average Bonchev–Trinajstić information content (AvgIpc) is 3.01. The van der Waals surface area contributed by atoms with Crippen molar-refractivity contribution in [3.8, 4) is 0 Å². The Labute approximate surface area is 129 Å². The fourth-order valence-electron chi connectivity index (χ4n) is 2.67. The number of halogens is 1. The van der Waals surface area contributed by atoms with Gasteiger partial charge in [-0.2, -0.15) is 0 Å². The summed E-state index contributed by atoms with van der Waals surface area (Å²) in [7, 11) is 1.35. The van der Waals surface area contributed by atoms with Crippen molar-refractivity contribution in [2.45, 2.75) is 38.1 Å². The Morgan fingerprint density at radius 3 is 2.48 bits per heavy atom. The summed E-state index contributed by atoms with van der Waals surface area (Å²) in [5.74, 6) is -0.254. The fraction of sp³-hybridized carbons (Fsp3) is 0.500. The number of benzene rings is 1. The minimum absolute atomic E-state index is 0.0244. The van der Waals surface area contributed by atoms with Gasteiger partial charge in [0.05, 0.1) is 19.6 Å². The summed E-state index contributed by atoms with van der Waals surface area (Å²) < 4.78 is 4.72. The lowest BCUT2D eigenvalue weighted by Gasteiger charge is -2.20. The average molecular weight is 310 g/mol. The lowest BCUT2D eigenvalue weighted by molar-refractivity contribution is -0.141. The zero-order valence-corrected chi connectivity index (χ0v) is 12.9. The van der Waals surface area contributed by atoms with Crippen LogP contribution < -0.4 is 5.32 Å². The SMILES string of the molecule is COC(=O)CC(NC(=O)C1CCCC1)c1ccc(Cl)cc1. The molecule has 1 amide bonds. The molecular weight excluding hydrogens is 290 g/mol. The van der Waals surface area contributed by atoms with Gasteiger partial charge in [-0.3, -0.25) is 9.59 Å². The lowest BCUT2D eigenvalue weighted by Crippen LogP contribution is -2.34. The van der Waals surface area contributed by atoms with Crippen LogP contribution in [0.5, 0.6) is 0 Å². The van der Waals surface area contributed by atoms with Gasteiger partial charge in [-0.15, -0.1) is 0 Å². The maximum Gasteiger partial charge on any atom is 0.307 e. The van der Waals surface area contributed by atoms with Crippen LogP contribution in [0.25, 0.3) is 0 Å². The highest BCUT2D eigenvalue weighted by Crippen LogP contribution is 2.27. The van der Waals surface area contributed by atoms with Crippen LogP contribution in [-0.4, -0.2) is 19.0 Å². The Bertz CT molecular complexity index is 495. The smallest absolute Gasteiger partial charge is 0.307 e. The highest BCUT2D eigenvalue weighted by atomic mass is 35.5. The largest absolute Gasteiger partial charge is 0.469 e. The molecule has 0 saturated heterocycles. The zero-order chi connectivity index (χ0) is 15.2. The van der Waals surface area contributed by atoms with Crippen LogP contribution in [0.1, 0.15) is 43.7 Å². The highest BCUT2D eigenvalue weighted by Gasteiger charge is 2.26. The van der Waals surface area contributed by atoms with Gasteiger partial charge in [0.1, 0.15) is 0 Å². The van der Waals surface area contributed by atoms with E-state index in [-0.39, 0.29) is 30.3 Å². The van der Waals surface area contributed by atoms with Gasteiger partial charge in [-0.25, -0.2) is 0 Å². The van der Waals surface area contributed by atoms with Crippen LogP contribution >= 0.6 is 11.6 Å². The first-order chi connectivity index (χ1) is 10.1. The van der Waals surface area contributed by atoms with Crippen LogP contribution in [0.4, 0.5) is 0 Å². The third kappa shape index (κ3) is 4.46. The standard InChI is InChI=1S/C16H20ClNO3/c1-21-15(19)10-14(11-6-8-13(17)9-7-11)18-16(20)12-4-2-3-5-12/h6-9,12,14H,2-5,10H2,1H3,(H,18,20). The number of nitrogens with one attached hydrogen (secondary N) is 1. The van der Waals surface area contributed by atoms with Crippen molar-refractivity contribution in [1.29, 1.82) is 0 Å². The van der Waals surface area contributed by atoms with E-state index in [0.29, 0.717) is 5.02 Å². The molecule has 1 aliphatic rings. The van der Waals surface area contributed by atoms with E-state index in [2.05, 4.69) is 5.32 Å². The van der Waals surface area contributed by atoms with E-state index < -0.39 is 0 Å². The van der Waals surface area contributed by atoms with Crippen molar-refractivity contribution in [3.05, 3.63) is 34.9 Å². The van der Waals surface area contributed by atoms with Crippen molar-refractivity contribution < 1.29 is 14.3 Å². The van der Waals surface area contributed by atoms with Gasteiger partial charge >= 0.3 is 5.97 Å². The molecule has 0 spiro atoms. The topological polar surface area (TPSA) is 55.4 Å². The molecule has 1 aromatic carbocycles. The number of carbonyl (C=O) groups excluding carboxylic acids is 2. The van der Waals surface area contributed by atoms with E-state index in [0.717, 1.165) is 31.2 Å². The summed E-state index contributed by atoms with van der Waals surface area (Å²) in [6.45, 7) is 0. The molecule has 0 aliphatic heterocycles. The molecule has 1 aromatic rings. The molecule has 1 saturated carbocycles. The third-order valence-corrected chi connectivity index (χ3v) is 4.17. The summed E-state index contributed by atoms with van der Waals surface area (Å²) in [6, 6.07) is 6.78. The number of methoxy groups -OCH3 is 1. The number of carbonyl (C=O) groups is 2. The van der Waals surface area contributed by atoms with Gasteiger partial charge in [-0.1, -0.05) is 36.6 Å². The van der Waals surface area contributed by atoms with Crippen molar-refractivity contribution in [1.82, 2.24) is 5.32 Å². The van der Waals surface area contributed by atoms with E-state index >= 15 is 0 Å². The Kier molecular flexibility index (Phi) is 5.62.